The Hall–Kier alpha value is -1.81. The molecule has 0 atom stereocenters. The van der Waals surface area contributed by atoms with Gasteiger partial charge in [-0.2, -0.15) is 0 Å². The van der Waals surface area contributed by atoms with Crippen molar-refractivity contribution in [3.8, 4) is 11.8 Å². The maximum Gasteiger partial charge on any atom is 0.202 e. The molecule has 0 N–H and O–H groups in total. The number of ketones is 1. The van der Waals surface area contributed by atoms with Crippen LogP contribution in [0.15, 0.2) is 35.9 Å². The first kappa shape index (κ1) is 14.3. The first-order chi connectivity index (χ1) is 8.72. The Balaban J connectivity index is 2.75. The van der Waals surface area contributed by atoms with Crippen LogP contribution >= 0.6 is 0 Å². The molecule has 1 nitrogen and oxygen atoms in total. The SMILES string of the molecule is CCCC/C(=C\c1ccccc1)CC#CC(C)=O. The van der Waals surface area contributed by atoms with Crippen LogP contribution in [0.25, 0.3) is 6.08 Å². The molecule has 0 saturated carbocycles. The highest BCUT2D eigenvalue weighted by molar-refractivity contribution is 5.93. The van der Waals surface area contributed by atoms with Crippen molar-refractivity contribution in [3.63, 3.8) is 0 Å². The monoisotopic (exact) mass is 240 g/mol. The van der Waals surface area contributed by atoms with Crippen molar-refractivity contribution in [1.82, 2.24) is 0 Å². The van der Waals surface area contributed by atoms with Gasteiger partial charge in [-0.25, -0.2) is 0 Å². The Labute approximate surface area is 110 Å². The molecule has 0 saturated heterocycles. The van der Waals surface area contributed by atoms with E-state index in [1.54, 1.807) is 0 Å². The summed E-state index contributed by atoms with van der Waals surface area (Å²) in [5, 5.41) is 0. The van der Waals surface area contributed by atoms with Crippen LogP contribution < -0.4 is 0 Å². The quantitative estimate of drug-likeness (QED) is 0.555. The lowest BCUT2D eigenvalue weighted by Gasteiger charge is -2.03. The Morgan fingerprint density at radius 1 is 1.28 bits per heavy atom. The summed E-state index contributed by atoms with van der Waals surface area (Å²) < 4.78 is 0. The zero-order chi connectivity index (χ0) is 13.2. The Bertz CT molecular complexity index is 457. The van der Waals surface area contributed by atoms with Crippen molar-refractivity contribution in [2.75, 3.05) is 0 Å². The molecule has 1 aromatic rings. The predicted molar refractivity (Wildman–Crippen MR) is 77.0 cm³/mol. The molecule has 0 aliphatic heterocycles. The van der Waals surface area contributed by atoms with E-state index in [0.29, 0.717) is 6.42 Å². The molecule has 1 aromatic carbocycles. The maximum atomic E-state index is 10.8. The smallest absolute Gasteiger partial charge is 0.202 e. The lowest BCUT2D eigenvalue weighted by atomic mass is 10.0. The molecule has 0 aromatic heterocycles. The van der Waals surface area contributed by atoms with Gasteiger partial charge < -0.3 is 0 Å². The highest BCUT2D eigenvalue weighted by atomic mass is 16.1. The summed E-state index contributed by atoms with van der Waals surface area (Å²) in [6.45, 7) is 3.68. The molecule has 1 heteroatoms. The molecule has 0 bridgehead atoms. The fraction of sp³-hybridized carbons (Fsp3) is 0.353. The molecule has 0 heterocycles. The molecule has 0 amide bonds. The van der Waals surface area contributed by atoms with E-state index in [2.05, 4.69) is 37.0 Å². The Kier molecular flexibility index (Phi) is 6.58. The molecule has 18 heavy (non-hydrogen) atoms. The summed E-state index contributed by atoms with van der Waals surface area (Å²) in [5.41, 5.74) is 2.50. The van der Waals surface area contributed by atoms with Gasteiger partial charge >= 0.3 is 0 Å². The van der Waals surface area contributed by atoms with E-state index >= 15 is 0 Å². The molecular formula is C17H20O. The van der Waals surface area contributed by atoms with Gasteiger partial charge in [-0.3, -0.25) is 4.79 Å². The third-order valence-electron chi connectivity index (χ3n) is 2.60. The number of unbranched alkanes of at least 4 members (excludes halogenated alkanes) is 1. The third kappa shape index (κ3) is 6.06. The van der Waals surface area contributed by atoms with Crippen LogP contribution in [0.3, 0.4) is 0 Å². The molecular weight excluding hydrogens is 220 g/mol. The van der Waals surface area contributed by atoms with E-state index in [1.807, 2.05) is 18.2 Å². The van der Waals surface area contributed by atoms with Crippen LogP contribution in [0.5, 0.6) is 0 Å². The highest BCUT2D eigenvalue weighted by Gasteiger charge is 1.96. The van der Waals surface area contributed by atoms with E-state index < -0.39 is 0 Å². The van der Waals surface area contributed by atoms with Gasteiger partial charge in [0.15, 0.2) is 0 Å². The van der Waals surface area contributed by atoms with E-state index in [4.69, 9.17) is 0 Å². The molecule has 1 rings (SSSR count). The summed E-state index contributed by atoms with van der Waals surface area (Å²) in [7, 11) is 0. The van der Waals surface area contributed by atoms with Gasteiger partial charge in [0.25, 0.3) is 0 Å². The first-order valence-electron chi connectivity index (χ1n) is 6.46. The molecule has 0 aliphatic carbocycles. The van der Waals surface area contributed by atoms with E-state index in [1.165, 1.54) is 30.9 Å². The van der Waals surface area contributed by atoms with Crippen LogP contribution in [0, 0.1) is 11.8 Å². The normalized spacial score (nSPS) is 10.7. The minimum absolute atomic E-state index is 0.0652. The minimum atomic E-state index is -0.0652. The summed E-state index contributed by atoms with van der Waals surface area (Å²) in [4.78, 5) is 10.8. The zero-order valence-electron chi connectivity index (χ0n) is 11.2. The average molecular weight is 240 g/mol. The lowest BCUT2D eigenvalue weighted by molar-refractivity contribution is -0.111. The fourth-order valence-electron chi connectivity index (χ4n) is 1.68. The lowest BCUT2D eigenvalue weighted by Crippen LogP contribution is -1.86. The second-order valence-corrected chi connectivity index (χ2v) is 4.35. The Morgan fingerprint density at radius 2 is 2.00 bits per heavy atom. The summed E-state index contributed by atoms with van der Waals surface area (Å²) in [6.07, 6.45) is 6.27. The fourth-order valence-corrected chi connectivity index (χ4v) is 1.68. The zero-order valence-corrected chi connectivity index (χ0v) is 11.2. The number of carbonyl (C=O) groups is 1. The first-order valence-corrected chi connectivity index (χ1v) is 6.46. The standard InChI is InChI=1S/C17H20O/c1-3-4-10-16(13-8-9-15(2)18)14-17-11-6-5-7-12-17/h5-7,11-12,14H,3-4,10,13H2,1-2H3/b16-14+. The van der Waals surface area contributed by atoms with Crippen molar-refractivity contribution in [3.05, 3.63) is 41.5 Å². The maximum absolute atomic E-state index is 10.8. The second kappa shape index (κ2) is 8.31. The van der Waals surface area contributed by atoms with Crippen molar-refractivity contribution in [1.29, 1.82) is 0 Å². The highest BCUT2D eigenvalue weighted by Crippen LogP contribution is 2.15. The van der Waals surface area contributed by atoms with Crippen LogP contribution in [-0.2, 0) is 4.79 Å². The molecule has 0 radical (unpaired) electrons. The third-order valence-corrected chi connectivity index (χ3v) is 2.60. The van der Waals surface area contributed by atoms with E-state index in [-0.39, 0.29) is 5.78 Å². The number of hydrogen-bond acceptors (Lipinski definition) is 1. The van der Waals surface area contributed by atoms with E-state index in [0.717, 1.165) is 6.42 Å². The van der Waals surface area contributed by atoms with Crippen LogP contribution in [0.4, 0.5) is 0 Å². The molecule has 94 valence electrons. The van der Waals surface area contributed by atoms with Gasteiger partial charge in [0.2, 0.25) is 5.78 Å². The summed E-state index contributed by atoms with van der Waals surface area (Å²) in [5.74, 6) is 5.49. The van der Waals surface area contributed by atoms with Crippen molar-refractivity contribution in [2.24, 2.45) is 0 Å². The van der Waals surface area contributed by atoms with E-state index in [9.17, 15) is 4.79 Å². The number of Topliss-reactive ketones (excluding diaryl/α,β-unsaturated/α-hetero) is 1. The molecule has 0 fully saturated rings. The average Bonchev–Trinajstić information content (AvgIpc) is 2.36. The number of carbonyl (C=O) groups excluding carboxylic acids is 1. The molecule has 0 spiro atoms. The largest absolute Gasteiger partial charge is 0.285 e. The minimum Gasteiger partial charge on any atom is -0.285 e. The van der Waals surface area contributed by atoms with Gasteiger partial charge in [-0.1, -0.05) is 61.2 Å². The number of rotatable bonds is 5. The number of allylic oxidation sites excluding steroid dienone is 1. The van der Waals surface area contributed by atoms with Gasteiger partial charge in [0, 0.05) is 13.3 Å². The Morgan fingerprint density at radius 3 is 2.61 bits per heavy atom. The van der Waals surface area contributed by atoms with Gasteiger partial charge in [0.1, 0.15) is 0 Å². The van der Waals surface area contributed by atoms with Crippen molar-refractivity contribution in [2.45, 2.75) is 39.5 Å². The van der Waals surface area contributed by atoms with Crippen molar-refractivity contribution >= 4 is 11.9 Å². The summed E-state index contributed by atoms with van der Waals surface area (Å²) >= 11 is 0. The predicted octanol–water partition coefficient (Wildman–Crippen LogP) is 4.24. The van der Waals surface area contributed by atoms with Gasteiger partial charge in [-0.15, -0.1) is 0 Å². The van der Waals surface area contributed by atoms with Crippen LogP contribution in [0.1, 0.15) is 45.1 Å². The molecule has 0 unspecified atom stereocenters. The van der Waals surface area contributed by atoms with Crippen LogP contribution in [0.2, 0.25) is 0 Å². The number of hydrogen-bond donors (Lipinski definition) is 0. The van der Waals surface area contributed by atoms with Gasteiger partial charge in [-0.05, 0) is 24.3 Å². The number of benzene rings is 1. The van der Waals surface area contributed by atoms with Crippen molar-refractivity contribution < 1.29 is 4.79 Å². The topological polar surface area (TPSA) is 17.1 Å². The van der Waals surface area contributed by atoms with Gasteiger partial charge in [0.05, 0.1) is 0 Å². The second-order valence-electron chi connectivity index (χ2n) is 4.35. The molecule has 0 aliphatic rings. The summed E-state index contributed by atoms with van der Waals surface area (Å²) in [6, 6.07) is 10.3. The van der Waals surface area contributed by atoms with Crippen LogP contribution in [-0.4, -0.2) is 5.78 Å².